The molecule has 0 amide bonds. The summed E-state index contributed by atoms with van der Waals surface area (Å²) >= 11 is 6.34. The molecule has 0 fully saturated rings. The van der Waals surface area contributed by atoms with Crippen molar-refractivity contribution in [2.75, 3.05) is 13.2 Å². The van der Waals surface area contributed by atoms with Gasteiger partial charge in [-0.1, -0.05) is 13.8 Å². The Morgan fingerprint density at radius 3 is 2.08 bits per heavy atom. The molecule has 0 heterocycles. The van der Waals surface area contributed by atoms with Gasteiger partial charge < -0.3 is 9.47 Å². The van der Waals surface area contributed by atoms with Gasteiger partial charge in [0.05, 0.1) is 27.7 Å². The zero-order valence-corrected chi connectivity index (χ0v) is 17.7. The van der Waals surface area contributed by atoms with Crippen LogP contribution < -0.4 is 9.47 Å². The Bertz CT molecular complexity index is 724. The van der Waals surface area contributed by atoms with Crippen LogP contribution in [0, 0.1) is 11.6 Å². The van der Waals surface area contributed by atoms with Crippen LogP contribution in [0.5, 0.6) is 11.5 Å². The van der Waals surface area contributed by atoms with Crippen molar-refractivity contribution in [1.29, 1.82) is 0 Å². The minimum absolute atomic E-state index is 0.00129. The quantitative estimate of drug-likeness (QED) is 0.409. The fourth-order valence-corrected chi connectivity index (χ4v) is 2.78. The third kappa shape index (κ3) is 7.03. The summed E-state index contributed by atoms with van der Waals surface area (Å²) < 4.78 is 37.3. The van der Waals surface area contributed by atoms with E-state index in [9.17, 15) is 13.6 Å². The van der Waals surface area contributed by atoms with Gasteiger partial charge in [-0.25, -0.2) is 8.78 Å². The van der Waals surface area contributed by atoms with Crippen LogP contribution in [-0.4, -0.2) is 19.5 Å². The average molecular weight is 494 g/mol. The molecule has 2 aromatic rings. The van der Waals surface area contributed by atoms with Gasteiger partial charge in [-0.2, -0.15) is 0 Å². The number of ether oxygens (including phenoxy) is 2. The lowest BCUT2D eigenvalue weighted by Crippen LogP contribution is -1.99. The molecule has 0 N–H and O–H groups in total. The van der Waals surface area contributed by atoms with Crippen molar-refractivity contribution >= 4 is 38.1 Å². The SMILES string of the molecule is CCCOc1ccc(F)c(C=O)c1Br.CCCOc1ccc(F)cc1Br. The van der Waals surface area contributed by atoms with E-state index in [1.54, 1.807) is 6.07 Å². The fourth-order valence-electron chi connectivity index (χ4n) is 1.79. The first kappa shape index (κ1) is 22.6. The van der Waals surface area contributed by atoms with Crippen LogP contribution in [0.2, 0.25) is 0 Å². The second kappa shape index (κ2) is 12.0. The van der Waals surface area contributed by atoms with Crippen molar-refractivity contribution in [1.82, 2.24) is 0 Å². The van der Waals surface area contributed by atoms with Crippen LogP contribution in [0.1, 0.15) is 37.0 Å². The van der Waals surface area contributed by atoms with Crippen LogP contribution in [0.3, 0.4) is 0 Å². The predicted octanol–water partition coefficient (Wildman–Crippen LogP) is 6.57. The van der Waals surface area contributed by atoms with Gasteiger partial charge in [0, 0.05) is 0 Å². The number of benzene rings is 2. The first-order valence-corrected chi connectivity index (χ1v) is 9.66. The molecule has 0 unspecified atom stereocenters. The zero-order valence-electron chi connectivity index (χ0n) is 14.5. The van der Waals surface area contributed by atoms with Crippen LogP contribution in [0.25, 0.3) is 0 Å². The Morgan fingerprint density at radius 1 is 0.962 bits per heavy atom. The molecule has 0 saturated heterocycles. The van der Waals surface area contributed by atoms with E-state index in [0.717, 1.165) is 12.8 Å². The van der Waals surface area contributed by atoms with E-state index in [2.05, 4.69) is 31.9 Å². The van der Waals surface area contributed by atoms with E-state index in [-0.39, 0.29) is 11.4 Å². The highest BCUT2D eigenvalue weighted by atomic mass is 79.9. The van der Waals surface area contributed by atoms with Crippen LogP contribution in [0.4, 0.5) is 8.78 Å². The maximum Gasteiger partial charge on any atom is 0.154 e. The van der Waals surface area contributed by atoms with Crippen molar-refractivity contribution in [3.05, 3.63) is 56.5 Å². The lowest BCUT2D eigenvalue weighted by Gasteiger charge is -2.08. The summed E-state index contributed by atoms with van der Waals surface area (Å²) in [4.78, 5) is 10.5. The maximum absolute atomic E-state index is 13.0. The highest BCUT2D eigenvalue weighted by Gasteiger charge is 2.11. The molecule has 0 aromatic heterocycles. The molecule has 0 aliphatic rings. The Labute approximate surface area is 169 Å². The van der Waals surface area contributed by atoms with Gasteiger partial charge in [0.15, 0.2) is 6.29 Å². The number of carbonyl (C=O) groups is 1. The summed E-state index contributed by atoms with van der Waals surface area (Å²) in [6.07, 6.45) is 2.28. The molecule has 0 radical (unpaired) electrons. The average Bonchev–Trinajstić information content (AvgIpc) is 2.61. The molecule has 0 atom stereocenters. The molecule has 0 saturated carbocycles. The zero-order chi connectivity index (χ0) is 19.5. The van der Waals surface area contributed by atoms with Crippen molar-refractivity contribution in [3.63, 3.8) is 0 Å². The summed E-state index contributed by atoms with van der Waals surface area (Å²) in [6, 6.07) is 7.12. The normalized spacial score (nSPS) is 9.92. The molecular weight excluding hydrogens is 474 g/mol. The van der Waals surface area contributed by atoms with Crippen LogP contribution >= 0.6 is 31.9 Å². The van der Waals surface area contributed by atoms with Gasteiger partial charge in [0.1, 0.15) is 23.1 Å². The second-order valence-electron chi connectivity index (χ2n) is 5.16. The largest absolute Gasteiger partial charge is 0.492 e. The van der Waals surface area contributed by atoms with Crippen LogP contribution in [-0.2, 0) is 0 Å². The van der Waals surface area contributed by atoms with Crippen molar-refractivity contribution in [2.24, 2.45) is 0 Å². The Kier molecular flexibility index (Phi) is 10.4. The molecule has 2 aromatic carbocycles. The molecule has 0 spiro atoms. The van der Waals surface area contributed by atoms with Gasteiger partial charge in [-0.15, -0.1) is 0 Å². The van der Waals surface area contributed by atoms with Gasteiger partial charge in [-0.3, -0.25) is 4.79 Å². The molecule has 0 aliphatic heterocycles. The van der Waals surface area contributed by atoms with E-state index in [1.807, 2.05) is 13.8 Å². The summed E-state index contributed by atoms with van der Waals surface area (Å²) in [5, 5.41) is 0. The topological polar surface area (TPSA) is 35.5 Å². The predicted molar refractivity (Wildman–Crippen MR) is 105 cm³/mol. The van der Waals surface area contributed by atoms with E-state index in [1.165, 1.54) is 24.3 Å². The third-order valence-electron chi connectivity index (χ3n) is 3.03. The highest BCUT2D eigenvalue weighted by Crippen LogP contribution is 2.29. The van der Waals surface area contributed by atoms with E-state index >= 15 is 0 Å². The minimum atomic E-state index is -0.546. The molecule has 7 heteroatoms. The van der Waals surface area contributed by atoms with Gasteiger partial charge in [-0.05, 0) is 75.0 Å². The molecule has 3 nitrogen and oxygen atoms in total. The summed E-state index contributed by atoms with van der Waals surface area (Å²) in [7, 11) is 0. The molecular formula is C19H20Br2F2O3. The van der Waals surface area contributed by atoms with Crippen molar-refractivity contribution in [3.8, 4) is 11.5 Å². The monoisotopic (exact) mass is 492 g/mol. The molecule has 0 bridgehead atoms. The van der Waals surface area contributed by atoms with Crippen molar-refractivity contribution < 1.29 is 23.0 Å². The van der Waals surface area contributed by atoms with Crippen molar-refractivity contribution in [2.45, 2.75) is 26.7 Å². The standard InChI is InChI=1S/C10H10BrFO2.C9H10BrFO/c1-2-5-14-9-4-3-8(12)7(6-13)10(9)11;1-2-5-12-9-4-3-7(11)6-8(9)10/h3-4,6H,2,5H2,1H3;3-4,6H,2,5H2,1H3. The summed E-state index contributed by atoms with van der Waals surface area (Å²) in [6.45, 7) is 5.20. The smallest absolute Gasteiger partial charge is 0.154 e. The maximum atomic E-state index is 13.0. The van der Waals surface area contributed by atoms with E-state index in [4.69, 9.17) is 9.47 Å². The number of rotatable bonds is 7. The highest BCUT2D eigenvalue weighted by molar-refractivity contribution is 9.11. The van der Waals surface area contributed by atoms with Gasteiger partial charge in [0.2, 0.25) is 0 Å². The Balaban J connectivity index is 0.000000263. The minimum Gasteiger partial charge on any atom is -0.492 e. The molecule has 0 aliphatic carbocycles. The summed E-state index contributed by atoms with van der Waals surface area (Å²) in [5.74, 6) is 0.384. The first-order valence-electron chi connectivity index (χ1n) is 8.08. The second-order valence-corrected chi connectivity index (χ2v) is 6.81. The van der Waals surface area contributed by atoms with Gasteiger partial charge >= 0.3 is 0 Å². The molecule has 142 valence electrons. The lowest BCUT2D eigenvalue weighted by molar-refractivity contribution is 0.111. The van der Waals surface area contributed by atoms with E-state index < -0.39 is 5.82 Å². The van der Waals surface area contributed by atoms with Gasteiger partial charge in [0.25, 0.3) is 0 Å². The number of halogens is 4. The molecule has 26 heavy (non-hydrogen) atoms. The lowest BCUT2D eigenvalue weighted by atomic mass is 10.2. The van der Waals surface area contributed by atoms with Crippen LogP contribution in [0.15, 0.2) is 39.3 Å². The number of carbonyl (C=O) groups excluding carboxylic acids is 1. The number of hydrogen-bond acceptors (Lipinski definition) is 3. The third-order valence-corrected chi connectivity index (χ3v) is 4.46. The summed E-state index contributed by atoms with van der Waals surface area (Å²) in [5.41, 5.74) is -0.00129. The number of hydrogen-bond donors (Lipinski definition) is 0. The first-order chi connectivity index (χ1) is 12.4. The number of aldehydes is 1. The Hall–Kier alpha value is -1.47. The fraction of sp³-hybridized carbons (Fsp3) is 0.316. The Morgan fingerprint density at radius 2 is 1.54 bits per heavy atom. The van der Waals surface area contributed by atoms with E-state index in [0.29, 0.717) is 39.9 Å². The molecule has 2 rings (SSSR count).